The molecule has 0 atom stereocenters. The number of urea groups is 1. The van der Waals surface area contributed by atoms with Gasteiger partial charge >= 0.3 is 6.03 Å². The number of amides is 4. The van der Waals surface area contributed by atoms with Crippen LogP contribution in [-0.2, 0) is 22.8 Å². The highest BCUT2D eigenvalue weighted by molar-refractivity contribution is 9.10. The van der Waals surface area contributed by atoms with Gasteiger partial charge in [0.05, 0.1) is 17.8 Å². The number of nitrogens with one attached hydrogen (secondary N) is 1. The zero-order chi connectivity index (χ0) is 30.5. The number of imide groups is 2. The summed E-state index contributed by atoms with van der Waals surface area (Å²) in [6.45, 7) is 0.549. The average molecular weight is 682 g/mol. The van der Waals surface area contributed by atoms with Gasteiger partial charge in [-0.05, 0) is 83.4 Å². The maximum Gasteiger partial charge on any atom is 0.335 e. The van der Waals surface area contributed by atoms with Gasteiger partial charge in [-0.3, -0.25) is 14.9 Å². The van der Waals surface area contributed by atoms with E-state index in [1.165, 1.54) is 13.2 Å². The predicted octanol–water partition coefficient (Wildman–Crippen LogP) is 7.59. The van der Waals surface area contributed by atoms with E-state index in [9.17, 15) is 14.4 Å². The first-order chi connectivity index (χ1) is 20.7. The molecule has 1 N–H and O–H groups in total. The summed E-state index contributed by atoms with van der Waals surface area (Å²) >= 11 is 15.8. The zero-order valence-corrected chi connectivity index (χ0v) is 25.7. The smallest absolute Gasteiger partial charge is 0.335 e. The molecule has 1 heterocycles. The van der Waals surface area contributed by atoms with Crippen LogP contribution in [0.15, 0.2) is 95.0 Å². The first-order valence-corrected chi connectivity index (χ1v) is 14.4. The number of hydrogen-bond acceptors (Lipinski definition) is 6. The van der Waals surface area contributed by atoms with Crippen molar-refractivity contribution in [3.8, 4) is 17.2 Å². The summed E-state index contributed by atoms with van der Waals surface area (Å²) in [5.41, 5.74) is 2.24. The summed E-state index contributed by atoms with van der Waals surface area (Å²) in [5.74, 6) is -0.486. The number of hydrogen-bond donors (Lipinski definition) is 1. The van der Waals surface area contributed by atoms with Crippen molar-refractivity contribution in [2.75, 3.05) is 12.0 Å². The van der Waals surface area contributed by atoms with E-state index in [0.29, 0.717) is 34.4 Å². The lowest BCUT2D eigenvalue weighted by Crippen LogP contribution is -2.54. The highest BCUT2D eigenvalue weighted by Crippen LogP contribution is 2.38. The molecule has 4 aromatic carbocycles. The predicted molar refractivity (Wildman–Crippen MR) is 168 cm³/mol. The lowest BCUT2D eigenvalue weighted by Gasteiger charge is -2.26. The number of carbonyl (C=O) groups is 3. The highest BCUT2D eigenvalue weighted by Gasteiger charge is 2.37. The standard InChI is InChI=1S/C32H23BrCl2N2O6/c1-41-28-16-21(15-27(35)29(28)43-18-19-2-6-22(33)7-3-19)14-26-30(38)36-32(40)37(31(26)39)24-10-12-25(13-11-24)42-17-20-4-8-23(34)9-5-20/h2-16H,17-18H2,1H3,(H,36,38,40)/b26-14+. The molecule has 0 radical (unpaired) electrons. The Bertz CT molecular complexity index is 1710. The van der Waals surface area contributed by atoms with Gasteiger partial charge in [-0.1, -0.05) is 63.4 Å². The Labute approximate surface area is 265 Å². The van der Waals surface area contributed by atoms with Gasteiger partial charge in [0.25, 0.3) is 11.8 Å². The fraction of sp³-hybridized carbons (Fsp3) is 0.0938. The molecule has 43 heavy (non-hydrogen) atoms. The molecular formula is C32H23BrCl2N2O6. The number of anilines is 1. The van der Waals surface area contributed by atoms with Crippen LogP contribution in [0.4, 0.5) is 10.5 Å². The summed E-state index contributed by atoms with van der Waals surface area (Å²) in [6.07, 6.45) is 1.34. The normalized spacial score (nSPS) is 14.1. The van der Waals surface area contributed by atoms with Gasteiger partial charge in [0.2, 0.25) is 0 Å². The second-order valence-electron chi connectivity index (χ2n) is 9.32. The number of carbonyl (C=O) groups excluding carboxylic acids is 3. The minimum atomic E-state index is -0.866. The van der Waals surface area contributed by atoms with E-state index in [1.54, 1.807) is 48.5 Å². The summed E-state index contributed by atoms with van der Waals surface area (Å²) in [4.78, 5) is 39.7. The van der Waals surface area contributed by atoms with Crippen molar-refractivity contribution < 1.29 is 28.6 Å². The molecule has 1 fully saturated rings. The number of methoxy groups -OCH3 is 1. The maximum atomic E-state index is 13.4. The third-order valence-corrected chi connectivity index (χ3v) is 7.44. The molecule has 218 valence electrons. The van der Waals surface area contributed by atoms with Gasteiger partial charge in [-0.15, -0.1) is 0 Å². The van der Waals surface area contributed by atoms with E-state index < -0.39 is 17.8 Å². The monoisotopic (exact) mass is 680 g/mol. The minimum Gasteiger partial charge on any atom is -0.493 e. The van der Waals surface area contributed by atoms with Gasteiger partial charge in [-0.2, -0.15) is 0 Å². The van der Waals surface area contributed by atoms with Crippen LogP contribution in [0.2, 0.25) is 10.0 Å². The van der Waals surface area contributed by atoms with Gasteiger partial charge in [0, 0.05) is 9.50 Å². The van der Waals surface area contributed by atoms with Crippen LogP contribution >= 0.6 is 39.1 Å². The van der Waals surface area contributed by atoms with Gasteiger partial charge in [-0.25, -0.2) is 9.69 Å². The molecule has 0 unspecified atom stereocenters. The fourth-order valence-corrected chi connectivity index (χ4v) is 4.86. The Hall–Kier alpha value is -4.31. The third-order valence-electron chi connectivity index (χ3n) is 6.37. The van der Waals surface area contributed by atoms with E-state index in [4.69, 9.17) is 37.4 Å². The van der Waals surface area contributed by atoms with Crippen molar-refractivity contribution in [2.45, 2.75) is 13.2 Å². The Balaban J connectivity index is 1.33. The molecule has 4 amide bonds. The zero-order valence-electron chi connectivity index (χ0n) is 22.6. The van der Waals surface area contributed by atoms with E-state index in [-0.39, 0.29) is 22.9 Å². The molecular weight excluding hydrogens is 659 g/mol. The Kier molecular flexibility index (Phi) is 9.35. The van der Waals surface area contributed by atoms with Gasteiger partial charge in [0.15, 0.2) is 11.5 Å². The average Bonchev–Trinajstić information content (AvgIpc) is 2.99. The van der Waals surface area contributed by atoms with Crippen LogP contribution in [0.5, 0.6) is 17.2 Å². The van der Waals surface area contributed by atoms with Crippen LogP contribution in [0.1, 0.15) is 16.7 Å². The quantitative estimate of drug-likeness (QED) is 0.145. The molecule has 0 bridgehead atoms. The van der Waals surface area contributed by atoms with Crippen LogP contribution < -0.4 is 24.4 Å². The highest BCUT2D eigenvalue weighted by atomic mass is 79.9. The van der Waals surface area contributed by atoms with Gasteiger partial charge in [0.1, 0.15) is 24.5 Å². The number of nitrogens with zero attached hydrogens (tertiary/aromatic N) is 1. The lowest BCUT2D eigenvalue weighted by molar-refractivity contribution is -0.122. The molecule has 1 aliphatic heterocycles. The number of barbiturate groups is 1. The Morgan fingerprint density at radius 2 is 1.47 bits per heavy atom. The van der Waals surface area contributed by atoms with Crippen molar-refractivity contribution >= 4 is 68.7 Å². The Morgan fingerprint density at radius 3 is 2.12 bits per heavy atom. The van der Waals surface area contributed by atoms with E-state index in [1.807, 2.05) is 36.4 Å². The molecule has 1 saturated heterocycles. The van der Waals surface area contributed by atoms with Crippen molar-refractivity contribution in [1.82, 2.24) is 5.32 Å². The van der Waals surface area contributed by atoms with E-state index in [2.05, 4.69) is 21.2 Å². The second-order valence-corrected chi connectivity index (χ2v) is 11.1. The number of benzene rings is 4. The van der Waals surface area contributed by atoms with Crippen LogP contribution in [0, 0.1) is 0 Å². The Morgan fingerprint density at radius 1 is 0.837 bits per heavy atom. The summed E-state index contributed by atoms with van der Waals surface area (Å²) in [5, 5.41) is 3.06. The molecule has 0 aliphatic carbocycles. The van der Waals surface area contributed by atoms with Crippen LogP contribution in [0.25, 0.3) is 6.08 Å². The number of rotatable bonds is 9. The molecule has 0 aromatic heterocycles. The molecule has 0 saturated carbocycles. The van der Waals surface area contributed by atoms with Crippen LogP contribution in [-0.4, -0.2) is 25.0 Å². The van der Waals surface area contributed by atoms with Gasteiger partial charge < -0.3 is 14.2 Å². The first kappa shape index (κ1) is 30.2. The molecule has 1 aliphatic rings. The summed E-state index contributed by atoms with van der Waals surface area (Å²) < 4.78 is 18.1. The van der Waals surface area contributed by atoms with Crippen LogP contribution in [0.3, 0.4) is 0 Å². The largest absolute Gasteiger partial charge is 0.493 e. The molecule has 5 rings (SSSR count). The third kappa shape index (κ3) is 7.19. The first-order valence-electron chi connectivity index (χ1n) is 12.9. The van der Waals surface area contributed by atoms with Crippen molar-refractivity contribution in [2.24, 2.45) is 0 Å². The lowest BCUT2D eigenvalue weighted by atomic mass is 10.1. The van der Waals surface area contributed by atoms with E-state index in [0.717, 1.165) is 20.5 Å². The van der Waals surface area contributed by atoms with Crippen molar-refractivity contribution in [3.05, 3.63) is 122 Å². The fourth-order valence-electron chi connectivity index (χ4n) is 4.20. The molecule has 4 aromatic rings. The van der Waals surface area contributed by atoms with Crippen molar-refractivity contribution in [1.29, 1.82) is 0 Å². The number of ether oxygens (including phenoxy) is 3. The van der Waals surface area contributed by atoms with E-state index >= 15 is 0 Å². The SMILES string of the molecule is COc1cc(/C=C2\C(=O)NC(=O)N(c3ccc(OCc4ccc(Cl)cc4)cc3)C2=O)cc(Cl)c1OCc1ccc(Br)cc1. The van der Waals surface area contributed by atoms with Crippen molar-refractivity contribution in [3.63, 3.8) is 0 Å². The summed E-state index contributed by atoms with van der Waals surface area (Å²) in [6, 6.07) is 23.5. The summed E-state index contributed by atoms with van der Waals surface area (Å²) in [7, 11) is 1.46. The topological polar surface area (TPSA) is 94.2 Å². The minimum absolute atomic E-state index is 0.217. The molecule has 0 spiro atoms. The maximum absolute atomic E-state index is 13.4. The molecule has 8 nitrogen and oxygen atoms in total. The number of halogens is 3. The molecule has 11 heteroatoms. The second kappa shape index (κ2) is 13.3.